The molecule has 130 valence electrons. The predicted molar refractivity (Wildman–Crippen MR) is 117 cm³/mol. The third-order valence-electron chi connectivity index (χ3n) is 5.52. The average molecular weight is 403 g/mol. The Morgan fingerprint density at radius 2 is 1.38 bits per heavy atom. The molecule has 0 amide bonds. The maximum atomic E-state index is 3.71. The first-order valence-electron chi connectivity index (χ1n) is 9.12. The minimum atomic E-state index is 1.00. The molecule has 26 heavy (non-hydrogen) atoms. The summed E-state index contributed by atoms with van der Waals surface area (Å²) in [4.78, 5) is 0. The van der Waals surface area contributed by atoms with Crippen LogP contribution in [0, 0.1) is 27.7 Å². The van der Waals surface area contributed by atoms with Crippen molar-refractivity contribution in [2.24, 2.45) is 0 Å². The van der Waals surface area contributed by atoms with Crippen molar-refractivity contribution in [3.8, 4) is 22.3 Å². The van der Waals surface area contributed by atoms with Gasteiger partial charge in [0, 0.05) is 10.9 Å². The molecule has 0 unspecified atom stereocenters. The van der Waals surface area contributed by atoms with E-state index in [1.807, 2.05) is 0 Å². The highest BCUT2D eigenvalue weighted by Crippen LogP contribution is 2.41. The molecule has 0 saturated heterocycles. The van der Waals surface area contributed by atoms with Crippen molar-refractivity contribution in [3.05, 3.63) is 86.4 Å². The van der Waals surface area contributed by atoms with E-state index in [4.69, 9.17) is 0 Å². The topological polar surface area (TPSA) is 0 Å². The van der Waals surface area contributed by atoms with Crippen molar-refractivity contribution in [1.29, 1.82) is 0 Å². The highest BCUT2D eigenvalue weighted by Gasteiger charge is 2.20. The van der Waals surface area contributed by atoms with Crippen LogP contribution in [0.4, 0.5) is 0 Å². The average Bonchev–Trinajstić information content (AvgIpc) is 2.95. The molecule has 1 heteroatoms. The van der Waals surface area contributed by atoms with E-state index in [-0.39, 0.29) is 0 Å². The summed E-state index contributed by atoms with van der Waals surface area (Å²) in [6, 6.07) is 17.8. The Bertz CT molecular complexity index is 1020. The van der Waals surface area contributed by atoms with Crippen molar-refractivity contribution in [2.45, 2.75) is 34.1 Å². The lowest BCUT2D eigenvalue weighted by atomic mass is 9.86. The number of rotatable bonds is 2. The molecule has 3 aromatic carbocycles. The first kappa shape index (κ1) is 17.3. The lowest BCUT2D eigenvalue weighted by molar-refractivity contribution is 1.24. The van der Waals surface area contributed by atoms with Crippen LogP contribution < -0.4 is 0 Å². The zero-order chi connectivity index (χ0) is 18.4. The standard InChI is InChI=1S/C25H23Br/c1-15-10-20-13-22(26)14-23(20)25(18(15)4)21-11-16(2)24(17(3)12-21)19-8-6-5-7-9-19/h5-12,14H,13H2,1-4H3. The van der Waals surface area contributed by atoms with Crippen LogP contribution >= 0.6 is 15.9 Å². The van der Waals surface area contributed by atoms with E-state index in [0.29, 0.717) is 0 Å². The molecule has 1 aliphatic carbocycles. The van der Waals surface area contributed by atoms with Gasteiger partial charge in [-0.3, -0.25) is 0 Å². The molecule has 0 aromatic heterocycles. The summed E-state index contributed by atoms with van der Waals surface area (Å²) in [5, 5.41) is 0. The normalized spacial score (nSPS) is 12.9. The Hall–Kier alpha value is -2.12. The maximum absolute atomic E-state index is 3.71. The third kappa shape index (κ3) is 2.85. The SMILES string of the molecule is Cc1cc2c(c(-c3cc(C)c(-c4ccccc4)c(C)c3)c1C)C=C(Br)C2. The van der Waals surface area contributed by atoms with Gasteiger partial charge in [0.25, 0.3) is 0 Å². The Kier molecular flexibility index (Phi) is 4.36. The van der Waals surface area contributed by atoms with Crippen molar-refractivity contribution >= 4 is 22.0 Å². The quantitative estimate of drug-likeness (QED) is 0.414. The van der Waals surface area contributed by atoms with Crippen LogP contribution in [0.2, 0.25) is 0 Å². The fourth-order valence-corrected chi connectivity index (χ4v) is 4.78. The molecule has 0 N–H and O–H groups in total. The van der Waals surface area contributed by atoms with Crippen molar-refractivity contribution < 1.29 is 0 Å². The number of halogens is 1. The first-order chi connectivity index (χ1) is 12.5. The monoisotopic (exact) mass is 402 g/mol. The highest BCUT2D eigenvalue weighted by atomic mass is 79.9. The van der Waals surface area contributed by atoms with Crippen LogP contribution in [0.1, 0.15) is 33.4 Å². The van der Waals surface area contributed by atoms with Gasteiger partial charge < -0.3 is 0 Å². The fourth-order valence-electron chi connectivity index (χ4n) is 4.25. The summed E-state index contributed by atoms with van der Waals surface area (Å²) in [5.74, 6) is 0. The summed E-state index contributed by atoms with van der Waals surface area (Å²) in [6.07, 6.45) is 3.30. The van der Waals surface area contributed by atoms with E-state index >= 15 is 0 Å². The van der Waals surface area contributed by atoms with Gasteiger partial charge in [0.05, 0.1) is 0 Å². The van der Waals surface area contributed by atoms with Crippen molar-refractivity contribution in [3.63, 3.8) is 0 Å². The van der Waals surface area contributed by atoms with Gasteiger partial charge >= 0.3 is 0 Å². The number of hydrogen-bond donors (Lipinski definition) is 0. The van der Waals surface area contributed by atoms with E-state index in [0.717, 1.165) is 6.42 Å². The summed E-state index contributed by atoms with van der Waals surface area (Å²) in [6.45, 7) is 8.94. The fraction of sp³-hybridized carbons (Fsp3) is 0.200. The van der Waals surface area contributed by atoms with Gasteiger partial charge in [0.15, 0.2) is 0 Å². The van der Waals surface area contributed by atoms with Crippen LogP contribution in [0.15, 0.2) is 53.0 Å². The largest absolute Gasteiger partial charge is 0.0622 e. The molecule has 1 aliphatic rings. The van der Waals surface area contributed by atoms with Gasteiger partial charge in [-0.1, -0.05) is 64.5 Å². The molecule has 0 saturated carbocycles. The molecule has 0 bridgehead atoms. The minimum absolute atomic E-state index is 1.00. The van der Waals surface area contributed by atoms with Crippen LogP contribution in [0.25, 0.3) is 28.3 Å². The Morgan fingerprint density at radius 3 is 2.04 bits per heavy atom. The molecule has 0 aliphatic heterocycles. The number of allylic oxidation sites excluding steroid dienone is 1. The van der Waals surface area contributed by atoms with Gasteiger partial charge in [-0.25, -0.2) is 0 Å². The van der Waals surface area contributed by atoms with Crippen LogP contribution in [0.5, 0.6) is 0 Å². The minimum Gasteiger partial charge on any atom is -0.0622 e. The second-order valence-electron chi connectivity index (χ2n) is 7.39. The van der Waals surface area contributed by atoms with Gasteiger partial charge in [0.1, 0.15) is 0 Å². The molecule has 0 radical (unpaired) electrons. The van der Waals surface area contributed by atoms with Crippen LogP contribution in [0.3, 0.4) is 0 Å². The first-order valence-corrected chi connectivity index (χ1v) is 9.91. The van der Waals surface area contributed by atoms with Gasteiger partial charge in [-0.2, -0.15) is 0 Å². The summed E-state index contributed by atoms with van der Waals surface area (Å²) in [5.41, 5.74) is 13.6. The van der Waals surface area contributed by atoms with E-state index in [1.54, 1.807) is 0 Å². The lowest BCUT2D eigenvalue weighted by Crippen LogP contribution is -1.97. The highest BCUT2D eigenvalue weighted by molar-refractivity contribution is 9.11. The summed E-state index contributed by atoms with van der Waals surface area (Å²) >= 11 is 3.71. The van der Waals surface area contributed by atoms with E-state index in [1.165, 1.54) is 60.1 Å². The lowest BCUT2D eigenvalue weighted by Gasteiger charge is -2.18. The summed E-state index contributed by atoms with van der Waals surface area (Å²) < 4.78 is 1.27. The Balaban J connectivity index is 1.94. The molecule has 4 rings (SSSR count). The van der Waals surface area contributed by atoms with Gasteiger partial charge in [-0.05, 0) is 89.4 Å². The number of hydrogen-bond acceptors (Lipinski definition) is 0. The predicted octanol–water partition coefficient (Wildman–Crippen LogP) is 7.55. The smallest absolute Gasteiger partial charge is 0.00471 e. The molecule has 0 fully saturated rings. The second-order valence-corrected chi connectivity index (χ2v) is 8.40. The Morgan fingerprint density at radius 1 is 0.731 bits per heavy atom. The zero-order valence-corrected chi connectivity index (χ0v) is 17.4. The van der Waals surface area contributed by atoms with Crippen LogP contribution in [-0.2, 0) is 6.42 Å². The molecule has 0 nitrogen and oxygen atoms in total. The molecule has 0 spiro atoms. The maximum Gasteiger partial charge on any atom is 0.00471 e. The van der Waals surface area contributed by atoms with Gasteiger partial charge in [-0.15, -0.1) is 0 Å². The summed E-state index contributed by atoms with van der Waals surface area (Å²) in [7, 11) is 0. The zero-order valence-electron chi connectivity index (χ0n) is 15.8. The molecule has 0 heterocycles. The number of aryl methyl sites for hydroxylation is 3. The number of fused-ring (bicyclic) bond motifs is 1. The molecule has 0 atom stereocenters. The van der Waals surface area contributed by atoms with Gasteiger partial charge in [0.2, 0.25) is 0 Å². The molecular formula is C25H23Br. The van der Waals surface area contributed by atoms with E-state index < -0.39 is 0 Å². The van der Waals surface area contributed by atoms with E-state index in [9.17, 15) is 0 Å². The van der Waals surface area contributed by atoms with Crippen molar-refractivity contribution in [2.75, 3.05) is 0 Å². The third-order valence-corrected chi connectivity index (χ3v) is 6.03. The molecular weight excluding hydrogens is 380 g/mol. The molecule has 3 aromatic rings. The van der Waals surface area contributed by atoms with E-state index in [2.05, 4.69) is 98.2 Å². The number of benzene rings is 3. The second kappa shape index (κ2) is 6.55. The van der Waals surface area contributed by atoms with Crippen LogP contribution in [-0.4, -0.2) is 0 Å². The van der Waals surface area contributed by atoms with Crippen molar-refractivity contribution in [1.82, 2.24) is 0 Å². The Labute approximate surface area is 164 Å².